The number of hydrogen-bond acceptors (Lipinski definition) is 9. The Bertz CT molecular complexity index is 1430. The van der Waals surface area contributed by atoms with E-state index in [9.17, 15) is 4.79 Å². The first kappa shape index (κ1) is 23.7. The van der Waals surface area contributed by atoms with Crippen LogP contribution in [0, 0.1) is 0 Å². The normalized spacial score (nSPS) is 14.3. The lowest BCUT2D eigenvalue weighted by Gasteiger charge is -2.34. The quantitative estimate of drug-likeness (QED) is 0.309. The van der Waals surface area contributed by atoms with Gasteiger partial charge in [-0.15, -0.1) is 0 Å². The third kappa shape index (κ3) is 5.00. The molecule has 0 aliphatic carbocycles. The number of methoxy groups -OCH3 is 1. The molecule has 4 aromatic rings. The number of likely N-dealkylation sites (N-methyl/N-ethyl adjacent to an activating group) is 1. The number of rotatable bonds is 7. The van der Waals surface area contributed by atoms with Crippen molar-refractivity contribution < 1.29 is 9.47 Å². The lowest BCUT2D eigenvalue weighted by molar-refractivity contribution is 0.0505. The lowest BCUT2D eigenvalue weighted by atomic mass is 10.1. The molecule has 5 rings (SSSR count). The number of benzene rings is 2. The van der Waals surface area contributed by atoms with Crippen LogP contribution in [0.1, 0.15) is 11.4 Å². The first-order valence-corrected chi connectivity index (χ1v) is 11.8. The summed E-state index contributed by atoms with van der Waals surface area (Å²) in [7, 11) is 3.73. The maximum absolute atomic E-state index is 12.8. The second-order valence-electron chi connectivity index (χ2n) is 8.83. The molecule has 36 heavy (non-hydrogen) atoms. The maximum Gasteiger partial charge on any atom is 0.275 e. The van der Waals surface area contributed by atoms with Gasteiger partial charge in [0, 0.05) is 62.7 Å². The molecule has 186 valence electrons. The molecule has 0 saturated carbocycles. The third-order valence-electron chi connectivity index (χ3n) is 6.27. The number of ether oxygens (including phenoxy) is 2. The van der Waals surface area contributed by atoms with E-state index in [4.69, 9.17) is 20.2 Å². The van der Waals surface area contributed by atoms with Gasteiger partial charge in [0.1, 0.15) is 17.1 Å². The summed E-state index contributed by atoms with van der Waals surface area (Å²) in [4.78, 5) is 30.9. The van der Waals surface area contributed by atoms with Crippen LogP contribution >= 0.6 is 0 Å². The van der Waals surface area contributed by atoms with E-state index in [0.717, 1.165) is 43.2 Å². The van der Waals surface area contributed by atoms with E-state index < -0.39 is 0 Å². The summed E-state index contributed by atoms with van der Waals surface area (Å²) in [6, 6.07) is 13.3. The molecule has 2 aromatic carbocycles. The molecule has 1 saturated heterocycles. The summed E-state index contributed by atoms with van der Waals surface area (Å²) in [5, 5.41) is 0. The molecule has 10 heteroatoms. The van der Waals surface area contributed by atoms with Gasteiger partial charge in [-0.1, -0.05) is 12.1 Å². The molecule has 0 bridgehead atoms. The van der Waals surface area contributed by atoms with Gasteiger partial charge in [-0.25, -0.2) is 15.0 Å². The smallest absolute Gasteiger partial charge is 0.275 e. The van der Waals surface area contributed by atoms with Gasteiger partial charge in [0.05, 0.1) is 18.1 Å². The Morgan fingerprint density at radius 1 is 1.00 bits per heavy atom. The minimum Gasteiger partial charge on any atom is -0.467 e. The number of nitrogen functional groups attached to an aromatic ring is 1. The first-order chi connectivity index (χ1) is 17.5. The molecule has 1 aliphatic rings. The van der Waals surface area contributed by atoms with Gasteiger partial charge in [0.15, 0.2) is 12.4 Å². The zero-order valence-corrected chi connectivity index (χ0v) is 20.4. The van der Waals surface area contributed by atoms with Crippen molar-refractivity contribution in [1.82, 2.24) is 24.4 Å². The van der Waals surface area contributed by atoms with Crippen molar-refractivity contribution in [1.29, 1.82) is 0 Å². The predicted octanol–water partition coefficient (Wildman–Crippen LogP) is 2.08. The van der Waals surface area contributed by atoms with Gasteiger partial charge in [-0.2, -0.15) is 0 Å². The standard InChI is InChI=1S/C26H29N7O3/c1-31-8-10-32(11-9-31)20-7-6-18(23(14-20)36-17-35-2)12-24-29-15-22-26(30-24)33(25(34)16-28-22)21-5-3-4-19(27)13-21/h3-7,13-16H,8-12,17,27H2,1-2H3. The monoisotopic (exact) mass is 487 g/mol. The highest BCUT2D eigenvalue weighted by Gasteiger charge is 2.17. The van der Waals surface area contributed by atoms with Crippen molar-refractivity contribution >= 4 is 22.5 Å². The Balaban J connectivity index is 1.50. The van der Waals surface area contributed by atoms with Gasteiger partial charge in [-0.3, -0.25) is 9.36 Å². The molecule has 0 atom stereocenters. The van der Waals surface area contributed by atoms with Crippen LogP contribution in [-0.2, 0) is 11.2 Å². The zero-order chi connectivity index (χ0) is 25.1. The van der Waals surface area contributed by atoms with Crippen LogP contribution in [0.15, 0.2) is 59.7 Å². The SMILES string of the molecule is COCOc1cc(N2CCN(C)CC2)ccc1Cc1ncc2ncc(=O)n(-c3cccc(N)c3)c2n1. The summed E-state index contributed by atoms with van der Waals surface area (Å²) >= 11 is 0. The topological polar surface area (TPSA) is 112 Å². The van der Waals surface area contributed by atoms with Crippen molar-refractivity contribution in [2.75, 3.05) is 57.8 Å². The van der Waals surface area contributed by atoms with E-state index in [1.807, 2.05) is 18.2 Å². The fourth-order valence-electron chi connectivity index (χ4n) is 4.32. The van der Waals surface area contributed by atoms with E-state index in [-0.39, 0.29) is 12.4 Å². The number of aromatic nitrogens is 4. The van der Waals surface area contributed by atoms with Gasteiger partial charge in [-0.05, 0) is 31.3 Å². The molecule has 2 aromatic heterocycles. The van der Waals surface area contributed by atoms with Crippen LogP contribution in [0.25, 0.3) is 16.9 Å². The van der Waals surface area contributed by atoms with Gasteiger partial charge in [0.2, 0.25) is 0 Å². The van der Waals surface area contributed by atoms with Crippen molar-refractivity contribution in [3.8, 4) is 11.4 Å². The second-order valence-corrected chi connectivity index (χ2v) is 8.83. The highest BCUT2D eigenvalue weighted by Crippen LogP contribution is 2.28. The maximum atomic E-state index is 12.8. The van der Waals surface area contributed by atoms with Crippen LogP contribution in [0.2, 0.25) is 0 Å². The van der Waals surface area contributed by atoms with Crippen LogP contribution in [0.4, 0.5) is 11.4 Å². The Morgan fingerprint density at radius 3 is 2.61 bits per heavy atom. The van der Waals surface area contributed by atoms with Crippen LogP contribution < -0.4 is 20.9 Å². The number of anilines is 2. The van der Waals surface area contributed by atoms with E-state index in [1.54, 1.807) is 31.5 Å². The average Bonchev–Trinajstić information content (AvgIpc) is 2.88. The van der Waals surface area contributed by atoms with Crippen LogP contribution in [-0.4, -0.2) is 71.5 Å². The molecular formula is C26H29N7O3. The van der Waals surface area contributed by atoms with E-state index in [0.29, 0.717) is 34.8 Å². The van der Waals surface area contributed by atoms with Gasteiger partial charge in [0.25, 0.3) is 5.56 Å². The predicted molar refractivity (Wildman–Crippen MR) is 139 cm³/mol. The Morgan fingerprint density at radius 2 is 1.83 bits per heavy atom. The summed E-state index contributed by atoms with van der Waals surface area (Å²) in [5.41, 5.74) is 9.81. The van der Waals surface area contributed by atoms with Crippen molar-refractivity contribution in [3.63, 3.8) is 0 Å². The number of nitrogens with zero attached hydrogens (tertiary/aromatic N) is 6. The molecule has 2 N–H and O–H groups in total. The molecule has 1 fully saturated rings. The largest absolute Gasteiger partial charge is 0.467 e. The summed E-state index contributed by atoms with van der Waals surface area (Å²) < 4.78 is 12.6. The first-order valence-electron chi connectivity index (χ1n) is 11.8. The molecule has 1 aliphatic heterocycles. The summed E-state index contributed by atoms with van der Waals surface area (Å²) in [6.07, 6.45) is 3.31. The molecule has 3 heterocycles. The van der Waals surface area contributed by atoms with Gasteiger partial charge >= 0.3 is 0 Å². The number of fused-ring (bicyclic) bond motifs is 1. The zero-order valence-electron chi connectivity index (χ0n) is 20.4. The van der Waals surface area contributed by atoms with Crippen molar-refractivity contribution in [2.24, 2.45) is 0 Å². The van der Waals surface area contributed by atoms with Crippen molar-refractivity contribution in [3.05, 3.63) is 76.6 Å². The number of hydrogen-bond donors (Lipinski definition) is 1. The fraction of sp³-hybridized carbons (Fsp3) is 0.308. The molecule has 0 spiro atoms. The molecular weight excluding hydrogens is 458 g/mol. The minimum atomic E-state index is -0.293. The number of piperazine rings is 1. The van der Waals surface area contributed by atoms with E-state index in [2.05, 4.69) is 32.9 Å². The highest BCUT2D eigenvalue weighted by molar-refractivity contribution is 5.71. The van der Waals surface area contributed by atoms with E-state index >= 15 is 0 Å². The third-order valence-corrected chi connectivity index (χ3v) is 6.27. The molecule has 0 unspecified atom stereocenters. The van der Waals surface area contributed by atoms with E-state index in [1.165, 1.54) is 10.8 Å². The average molecular weight is 488 g/mol. The summed E-state index contributed by atoms with van der Waals surface area (Å²) in [6.45, 7) is 4.09. The second kappa shape index (κ2) is 10.3. The fourth-order valence-corrected chi connectivity index (χ4v) is 4.32. The molecule has 0 amide bonds. The minimum absolute atomic E-state index is 0.136. The molecule has 0 radical (unpaired) electrons. The Hall–Kier alpha value is -4.02. The van der Waals surface area contributed by atoms with Crippen LogP contribution in [0.3, 0.4) is 0 Å². The van der Waals surface area contributed by atoms with Gasteiger partial charge < -0.3 is 25.0 Å². The number of nitrogens with two attached hydrogens (primary N) is 1. The Labute approximate surface area is 208 Å². The highest BCUT2D eigenvalue weighted by atomic mass is 16.7. The Kier molecular flexibility index (Phi) is 6.79. The van der Waals surface area contributed by atoms with Crippen LogP contribution in [0.5, 0.6) is 5.75 Å². The lowest BCUT2D eigenvalue weighted by Crippen LogP contribution is -2.44. The summed E-state index contributed by atoms with van der Waals surface area (Å²) in [5.74, 6) is 1.26. The molecule has 10 nitrogen and oxygen atoms in total. The van der Waals surface area contributed by atoms with Crippen molar-refractivity contribution in [2.45, 2.75) is 6.42 Å².